The van der Waals surface area contributed by atoms with Crippen LogP contribution in [0.5, 0.6) is 0 Å². The molecule has 0 radical (unpaired) electrons. The molecule has 1 saturated carbocycles. The first-order valence-electron chi connectivity index (χ1n) is 12.5. The lowest BCUT2D eigenvalue weighted by atomic mass is 9.87. The third-order valence-corrected chi connectivity index (χ3v) is 7.28. The number of nitrogens with one attached hydrogen (secondary N) is 1. The third-order valence-electron chi connectivity index (χ3n) is 6.93. The molecule has 1 aromatic heterocycles. The second kappa shape index (κ2) is 10.9. The highest BCUT2D eigenvalue weighted by Gasteiger charge is 2.48. The van der Waals surface area contributed by atoms with Gasteiger partial charge in [-0.3, -0.25) is 24.2 Å². The number of amides is 3. The molecule has 208 valence electrons. The fourth-order valence-corrected chi connectivity index (χ4v) is 5.30. The Morgan fingerprint density at radius 2 is 1.82 bits per heavy atom. The van der Waals surface area contributed by atoms with Gasteiger partial charge in [0.25, 0.3) is 11.8 Å². The van der Waals surface area contributed by atoms with Gasteiger partial charge in [0.1, 0.15) is 17.9 Å². The number of aromatic nitrogens is 1. The van der Waals surface area contributed by atoms with E-state index in [2.05, 4.69) is 10.3 Å². The minimum absolute atomic E-state index is 0.0365. The number of carbonyl (C=O) groups is 3. The summed E-state index contributed by atoms with van der Waals surface area (Å²) in [4.78, 5) is 46.8. The van der Waals surface area contributed by atoms with Crippen LogP contribution in [0, 0.1) is 11.6 Å². The van der Waals surface area contributed by atoms with E-state index < -0.39 is 66.2 Å². The van der Waals surface area contributed by atoms with Gasteiger partial charge in [-0.05, 0) is 42.8 Å². The van der Waals surface area contributed by atoms with Gasteiger partial charge in [0.05, 0.1) is 0 Å². The molecule has 0 bridgehead atoms. The van der Waals surface area contributed by atoms with Gasteiger partial charge in [-0.25, -0.2) is 22.5 Å². The fourth-order valence-electron chi connectivity index (χ4n) is 5.07. The van der Waals surface area contributed by atoms with E-state index in [1.54, 1.807) is 12.1 Å². The molecule has 0 spiro atoms. The number of halogens is 5. The molecule has 7 nitrogen and oxygen atoms in total. The Morgan fingerprint density at radius 1 is 1.07 bits per heavy atom. The third kappa shape index (κ3) is 5.38. The first kappa shape index (κ1) is 27.6. The van der Waals surface area contributed by atoms with Crippen molar-refractivity contribution in [1.29, 1.82) is 0 Å². The molecule has 1 saturated heterocycles. The highest BCUT2D eigenvalue weighted by molar-refractivity contribution is 6.31. The minimum atomic E-state index is -2.92. The van der Waals surface area contributed by atoms with Crippen molar-refractivity contribution in [2.45, 2.75) is 49.7 Å². The van der Waals surface area contributed by atoms with Gasteiger partial charge >= 0.3 is 0 Å². The second-order valence-electron chi connectivity index (χ2n) is 9.71. The van der Waals surface area contributed by atoms with Gasteiger partial charge in [-0.15, -0.1) is 0 Å². The monoisotopic (exact) mass is 574 g/mol. The Morgan fingerprint density at radius 3 is 2.50 bits per heavy atom. The summed E-state index contributed by atoms with van der Waals surface area (Å²) in [5.41, 5.74) is 0.0926. The normalized spacial score (nSPS) is 19.2. The molecule has 1 N–H and O–H groups in total. The summed E-state index contributed by atoms with van der Waals surface area (Å²) in [6.45, 7) is 0. The van der Waals surface area contributed by atoms with E-state index in [9.17, 15) is 31.9 Å². The Bertz CT molecular complexity index is 1460. The highest BCUT2D eigenvalue weighted by atomic mass is 35.5. The number of hydrogen-bond acceptors (Lipinski definition) is 4. The first-order chi connectivity index (χ1) is 19.1. The van der Waals surface area contributed by atoms with E-state index in [1.807, 2.05) is 0 Å². The summed E-state index contributed by atoms with van der Waals surface area (Å²) in [5, 5.41) is 2.64. The van der Waals surface area contributed by atoms with Gasteiger partial charge in [0.15, 0.2) is 11.6 Å². The molecule has 2 aliphatic rings. The predicted molar refractivity (Wildman–Crippen MR) is 139 cm³/mol. The molecule has 3 amide bonds. The average molecular weight is 575 g/mol. The van der Waals surface area contributed by atoms with Crippen LogP contribution in [0.2, 0.25) is 5.02 Å². The summed E-state index contributed by atoms with van der Waals surface area (Å²) in [6.07, 6.45) is -0.0312. The van der Waals surface area contributed by atoms with Crippen LogP contribution in [-0.2, 0) is 14.4 Å². The summed E-state index contributed by atoms with van der Waals surface area (Å²) < 4.78 is 56.3. The van der Waals surface area contributed by atoms with Crippen LogP contribution in [0.3, 0.4) is 0 Å². The SMILES string of the molecule is O=C(NC1CC(F)(F)C1)C(c1ccccc1Cl)N(C(=O)[C@@H]1CCC(=O)N1c1ncccc1F)c1cccc(F)c1. The summed E-state index contributed by atoms with van der Waals surface area (Å²) in [5.74, 6) is -7.07. The van der Waals surface area contributed by atoms with Crippen LogP contribution in [0.1, 0.15) is 37.3 Å². The van der Waals surface area contributed by atoms with E-state index in [1.165, 1.54) is 36.5 Å². The maximum Gasteiger partial charge on any atom is 0.252 e. The number of alkyl halides is 2. The van der Waals surface area contributed by atoms with Crippen LogP contribution in [0.25, 0.3) is 0 Å². The van der Waals surface area contributed by atoms with Crippen molar-refractivity contribution in [2.75, 3.05) is 9.80 Å². The Hall–Kier alpha value is -3.99. The minimum Gasteiger partial charge on any atom is -0.351 e. The zero-order valence-electron chi connectivity index (χ0n) is 20.9. The van der Waals surface area contributed by atoms with Crippen LogP contribution < -0.4 is 15.1 Å². The van der Waals surface area contributed by atoms with Crippen molar-refractivity contribution >= 4 is 40.8 Å². The predicted octanol–water partition coefficient (Wildman–Crippen LogP) is 5.20. The van der Waals surface area contributed by atoms with Gasteiger partial charge in [-0.1, -0.05) is 35.9 Å². The number of hydrogen-bond donors (Lipinski definition) is 1. The molecule has 40 heavy (non-hydrogen) atoms. The van der Waals surface area contributed by atoms with Crippen molar-refractivity contribution in [3.63, 3.8) is 0 Å². The van der Waals surface area contributed by atoms with E-state index in [-0.39, 0.29) is 34.9 Å². The largest absolute Gasteiger partial charge is 0.351 e. The molecule has 2 heterocycles. The molecular weight excluding hydrogens is 552 g/mol. The van der Waals surface area contributed by atoms with Crippen molar-refractivity contribution in [3.05, 3.63) is 89.1 Å². The van der Waals surface area contributed by atoms with Crippen molar-refractivity contribution in [2.24, 2.45) is 0 Å². The maximum atomic E-state index is 14.7. The van der Waals surface area contributed by atoms with Crippen molar-refractivity contribution < 1.29 is 31.9 Å². The zero-order valence-corrected chi connectivity index (χ0v) is 21.6. The summed E-state index contributed by atoms with van der Waals surface area (Å²) >= 11 is 6.45. The smallest absolute Gasteiger partial charge is 0.252 e. The quantitative estimate of drug-likeness (QED) is 0.394. The van der Waals surface area contributed by atoms with Gasteiger partial charge in [0.2, 0.25) is 11.8 Å². The topological polar surface area (TPSA) is 82.6 Å². The van der Waals surface area contributed by atoms with E-state index in [0.717, 1.165) is 28.0 Å². The van der Waals surface area contributed by atoms with Crippen LogP contribution >= 0.6 is 11.6 Å². The van der Waals surface area contributed by atoms with Gasteiger partial charge < -0.3 is 5.32 Å². The molecule has 3 aromatic rings. The number of carbonyl (C=O) groups excluding carboxylic acids is 3. The van der Waals surface area contributed by atoms with Crippen molar-refractivity contribution in [1.82, 2.24) is 10.3 Å². The fraction of sp³-hybridized carbons (Fsp3) is 0.286. The molecule has 1 unspecified atom stereocenters. The van der Waals surface area contributed by atoms with E-state index in [0.29, 0.717) is 0 Å². The molecule has 1 aliphatic carbocycles. The maximum absolute atomic E-state index is 14.7. The molecule has 1 aliphatic heterocycles. The van der Waals surface area contributed by atoms with Gasteiger partial charge in [0, 0.05) is 47.8 Å². The zero-order chi connectivity index (χ0) is 28.6. The second-order valence-corrected chi connectivity index (χ2v) is 10.1. The molecular formula is C28H23ClF4N4O3. The molecule has 2 aromatic carbocycles. The lowest BCUT2D eigenvalue weighted by Crippen LogP contribution is -2.56. The van der Waals surface area contributed by atoms with Crippen molar-refractivity contribution in [3.8, 4) is 0 Å². The Kier molecular flexibility index (Phi) is 7.50. The summed E-state index contributed by atoms with van der Waals surface area (Å²) in [7, 11) is 0. The average Bonchev–Trinajstić information content (AvgIpc) is 3.27. The standard InChI is InChI=1S/C28H23ClF4N4O3/c29-20-8-2-1-7-19(20)24(26(39)35-17-14-28(32,33)15-17)36(18-6-3-5-16(30)13-18)27(40)22-10-11-23(38)37(22)25-21(31)9-4-12-34-25/h1-9,12-13,17,22,24H,10-11,14-15H2,(H,35,39)/t22-,24?/m0/s1. The molecule has 2 fully saturated rings. The lowest BCUT2D eigenvalue weighted by molar-refractivity contribution is -0.133. The molecule has 5 rings (SSSR count). The number of benzene rings is 2. The van der Waals surface area contributed by atoms with Crippen LogP contribution in [-0.4, -0.2) is 40.7 Å². The van der Waals surface area contributed by atoms with E-state index >= 15 is 0 Å². The first-order valence-corrected chi connectivity index (χ1v) is 12.9. The highest BCUT2D eigenvalue weighted by Crippen LogP contribution is 2.40. The van der Waals surface area contributed by atoms with Crippen LogP contribution in [0.4, 0.5) is 29.1 Å². The summed E-state index contributed by atoms with van der Waals surface area (Å²) in [6, 6.07) is 9.74. The number of anilines is 2. The molecule has 2 atom stereocenters. The van der Waals surface area contributed by atoms with E-state index in [4.69, 9.17) is 11.6 Å². The number of nitrogens with zero attached hydrogens (tertiary/aromatic N) is 3. The van der Waals surface area contributed by atoms with Gasteiger partial charge in [-0.2, -0.15) is 0 Å². The Labute approximate surface area is 231 Å². The van der Waals surface area contributed by atoms with Crippen LogP contribution in [0.15, 0.2) is 66.9 Å². The Balaban J connectivity index is 1.61. The number of pyridine rings is 1. The molecule has 12 heteroatoms. The lowest BCUT2D eigenvalue weighted by Gasteiger charge is -2.39. The number of rotatable bonds is 7.